The normalized spacial score (nSPS) is 19.8. The summed E-state index contributed by atoms with van der Waals surface area (Å²) in [6.07, 6.45) is 5.70. The molecule has 1 atom stereocenters. The highest BCUT2D eigenvalue weighted by Gasteiger charge is 2.26. The summed E-state index contributed by atoms with van der Waals surface area (Å²) < 4.78 is 0. The molecule has 1 aliphatic rings. The highest BCUT2D eigenvalue weighted by Crippen LogP contribution is 2.25. The van der Waals surface area contributed by atoms with Crippen molar-refractivity contribution in [2.45, 2.75) is 78.4 Å². The standard InChI is InChI=1S/C15H32N2/c1-12(2)11-17(15-8-6-7-9-15)14(5)10-16-13(3)4/h12-16H,6-11H2,1-5H3. The molecule has 17 heavy (non-hydrogen) atoms. The molecule has 1 fully saturated rings. The van der Waals surface area contributed by atoms with Crippen LogP contribution in [0.4, 0.5) is 0 Å². The van der Waals surface area contributed by atoms with E-state index in [-0.39, 0.29) is 0 Å². The largest absolute Gasteiger partial charge is 0.313 e. The van der Waals surface area contributed by atoms with Crippen LogP contribution in [0.5, 0.6) is 0 Å². The van der Waals surface area contributed by atoms with E-state index < -0.39 is 0 Å². The van der Waals surface area contributed by atoms with Gasteiger partial charge in [0.2, 0.25) is 0 Å². The molecule has 0 aromatic carbocycles. The van der Waals surface area contributed by atoms with Gasteiger partial charge in [0.15, 0.2) is 0 Å². The topological polar surface area (TPSA) is 15.3 Å². The lowest BCUT2D eigenvalue weighted by Gasteiger charge is -2.36. The van der Waals surface area contributed by atoms with Gasteiger partial charge < -0.3 is 5.32 Å². The van der Waals surface area contributed by atoms with E-state index in [9.17, 15) is 0 Å². The first-order valence-electron chi connectivity index (χ1n) is 7.49. The molecule has 1 rings (SSSR count). The minimum atomic E-state index is 0.599. The predicted octanol–water partition coefficient (Wildman–Crippen LogP) is 3.27. The van der Waals surface area contributed by atoms with Crippen molar-refractivity contribution < 1.29 is 0 Å². The summed E-state index contributed by atoms with van der Waals surface area (Å²) in [6, 6.07) is 2.12. The summed E-state index contributed by atoms with van der Waals surface area (Å²) in [5.41, 5.74) is 0. The van der Waals surface area contributed by atoms with Crippen molar-refractivity contribution in [2.24, 2.45) is 5.92 Å². The van der Waals surface area contributed by atoms with Crippen molar-refractivity contribution in [1.29, 1.82) is 0 Å². The van der Waals surface area contributed by atoms with E-state index in [0.29, 0.717) is 12.1 Å². The number of hydrogen-bond donors (Lipinski definition) is 1. The zero-order chi connectivity index (χ0) is 12.8. The average molecular weight is 240 g/mol. The smallest absolute Gasteiger partial charge is 0.0195 e. The van der Waals surface area contributed by atoms with Crippen molar-refractivity contribution in [1.82, 2.24) is 10.2 Å². The third-order valence-corrected chi connectivity index (χ3v) is 3.76. The van der Waals surface area contributed by atoms with Crippen molar-refractivity contribution in [3.63, 3.8) is 0 Å². The van der Waals surface area contributed by atoms with Gasteiger partial charge in [-0.3, -0.25) is 4.90 Å². The summed E-state index contributed by atoms with van der Waals surface area (Å²) in [4.78, 5) is 2.76. The van der Waals surface area contributed by atoms with Gasteiger partial charge in [-0.1, -0.05) is 40.5 Å². The van der Waals surface area contributed by atoms with Gasteiger partial charge in [-0.2, -0.15) is 0 Å². The molecule has 0 aromatic heterocycles. The van der Waals surface area contributed by atoms with Crippen LogP contribution in [0, 0.1) is 5.92 Å². The van der Waals surface area contributed by atoms with Gasteiger partial charge in [-0.15, -0.1) is 0 Å². The molecule has 1 aliphatic carbocycles. The molecular weight excluding hydrogens is 208 g/mol. The lowest BCUT2D eigenvalue weighted by atomic mass is 10.1. The molecular formula is C15H32N2. The highest BCUT2D eigenvalue weighted by atomic mass is 15.2. The first kappa shape index (κ1) is 15.0. The third kappa shape index (κ3) is 5.39. The van der Waals surface area contributed by atoms with Gasteiger partial charge in [0.25, 0.3) is 0 Å². The van der Waals surface area contributed by atoms with E-state index in [0.717, 1.165) is 18.5 Å². The fourth-order valence-electron chi connectivity index (χ4n) is 2.87. The summed E-state index contributed by atoms with van der Waals surface area (Å²) >= 11 is 0. The monoisotopic (exact) mass is 240 g/mol. The van der Waals surface area contributed by atoms with Gasteiger partial charge in [0.1, 0.15) is 0 Å². The molecule has 102 valence electrons. The Kier molecular flexibility index (Phi) is 6.50. The Labute approximate surface area is 108 Å². The second kappa shape index (κ2) is 7.38. The Hall–Kier alpha value is -0.0800. The maximum absolute atomic E-state index is 3.58. The van der Waals surface area contributed by atoms with Crippen LogP contribution in [0.25, 0.3) is 0 Å². The van der Waals surface area contributed by atoms with E-state index in [1.165, 1.54) is 32.2 Å². The third-order valence-electron chi connectivity index (χ3n) is 3.76. The van der Waals surface area contributed by atoms with Gasteiger partial charge >= 0.3 is 0 Å². The maximum Gasteiger partial charge on any atom is 0.0195 e. The van der Waals surface area contributed by atoms with Gasteiger partial charge in [0, 0.05) is 31.2 Å². The number of hydrogen-bond acceptors (Lipinski definition) is 2. The Morgan fingerprint density at radius 1 is 1.06 bits per heavy atom. The van der Waals surface area contributed by atoms with E-state index >= 15 is 0 Å². The van der Waals surface area contributed by atoms with Crippen LogP contribution in [-0.4, -0.2) is 36.1 Å². The lowest BCUT2D eigenvalue weighted by Crippen LogP contribution is -2.48. The molecule has 1 saturated carbocycles. The quantitative estimate of drug-likeness (QED) is 0.735. The maximum atomic E-state index is 3.58. The fourth-order valence-corrected chi connectivity index (χ4v) is 2.87. The predicted molar refractivity (Wildman–Crippen MR) is 76.4 cm³/mol. The molecule has 0 amide bonds. The molecule has 0 aliphatic heterocycles. The fraction of sp³-hybridized carbons (Fsp3) is 1.00. The number of nitrogens with zero attached hydrogens (tertiary/aromatic N) is 1. The van der Waals surface area contributed by atoms with Crippen molar-refractivity contribution >= 4 is 0 Å². The van der Waals surface area contributed by atoms with E-state index in [4.69, 9.17) is 0 Å². The van der Waals surface area contributed by atoms with Crippen LogP contribution in [-0.2, 0) is 0 Å². The molecule has 0 heterocycles. The number of nitrogens with one attached hydrogen (secondary N) is 1. The van der Waals surface area contributed by atoms with Crippen LogP contribution in [0.2, 0.25) is 0 Å². The second-order valence-electron chi connectivity index (χ2n) is 6.44. The van der Waals surface area contributed by atoms with Crippen molar-refractivity contribution in [2.75, 3.05) is 13.1 Å². The molecule has 0 saturated heterocycles. The number of rotatable bonds is 7. The van der Waals surface area contributed by atoms with E-state index in [2.05, 4.69) is 44.8 Å². The van der Waals surface area contributed by atoms with Crippen LogP contribution in [0.1, 0.15) is 60.3 Å². The summed E-state index contributed by atoms with van der Waals surface area (Å²) in [5, 5.41) is 3.58. The van der Waals surface area contributed by atoms with Crippen molar-refractivity contribution in [3.05, 3.63) is 0 Å². The van der Waals surface area contributed by atoms with Crippen molar-refractivity contribution in [3.8, 4) is 0 Å². The summed E-state index contributed by atoms with van der Waals surface area (Å²) in [6.45, 7) is 13.9. The zero-order valence-corrected chi connectivity index (χ0v) is 12.5. The Morgan fingerprint density at radius 2 is 1.65 bits per heavy atom. The molecule has 1 unspecified atom stereocenters. The molecule has 1 N–H and O–H groups in total. The van der Waals surface area contributed by atoms with Crippen LogP contribution in [0.3, 0.4) is 0 Å². The highest BCUT2D eigenvalue weighted by molar-refractivity contribution is 4.83. The van der Waals surface area contributed by atoms with Crippen LogP contribution < -0.4 is 5.32 Å². The van der Waals surface area contributed by atoms with E-state index in [1.807, 2.05) is 0 Å². The Bertz CT molecular complexity index is 195. The van der Waals surface area contributed by atoms with E-state index in [1.54, 1.807) is 0 Å². The van der Waals surface area contributed by atoms with Gasteiger partial charge in [-0.25, -0.2) is 0 Å². The molecule has 0 radical (unpaired) electrons. The Balaban J connectivity index is 2.48. The molecule has 0 aromatic rings. The molecule has 0 spiro atoms. The summed E-state index contributed by atoms with van der Waals surface area (Å²) in [7, 11) is 0. The first-order chi connectivity index (χ1) is 8.00. The Morgan fingerprint density at radius 3 is 2.12 bits per heavy atom. The molecule has 2 nitrogen and oxygen atoms in total. The molecule has 2 heteroatoms. The minimum Gasteiger partial charge on any atom is -0.313 e. The lowest BCUT2D eigenvalue weighted by molar-refractivity contribution is 0.124. The SMILES string of the molecule is CC(C)CN(C(C)CNC(C)C)C1CCCC1. The minimum absolute atomic E-state index is 0.599. The van der Waals surface area contributed by atoms with Gasteiger partial charge in [0.05, 0.1) is 0 Å². The second-order valence-corrected chi connectivity index (χ2v) is 6.44. The van der Waals surface area contributed by atoms with Crippen LogP contribution in [0.15, 0.2) is 0 Å². The average Bonchev–Trinajstić information content (AvgIpc) is 2.75. The van der Waals surface area contributed by atoms with Crippen LogP contribution >= 0.6 is 0 Å². The summed E-state index contributed by atoms with van der Waals surface area (Å²) in [5.74, 6) is 0.775. The van der Waals surface area contributed by atoms with Gasteiger partial charge in [-0.05, 0) is 25.7 Å². The molecule has 0 bridgehead atoms. The zero-order valence-electron chi connectivity index (χ0n) is 12.5. The first-order valence-corrected chi connectivity index (χ1v) is 7.49.